The van der Waals surface area contributed by atoms with E-state index in [2.05, 4.69) is 4.98 Å². The van der Waals surface area contributed by atoms with E-state index in [4.69, 9.17) is 16.3 Å². The molecule has 1 saturated carbocycles. The van der Waals surface area contributed by atoms with Gasteiger partial charge in [-0.25, -0.2) is 18.1 Å². The lowest BCUT2D eigenvalue weighted by molar-refractivity contribution is -0.0451. The van der Waals surface area contributed by atoms with Gasteiger partial charge in [-0.3, -0.25) is 4.79 Å². The van der Waals surface area contributed by atoms with Crippen molar-refractivity contribution in [2.45, 2.75) is 37.4 Å². The van der Waals surface area contributed by atoms with E-state index in [1.165, 1.54) is 28.8 Å². The Labute approximate surface area is 153 Å². The Morgan fingerprint density at radius 2 is 2.12 bits per heavy atom. The van der Waals surface area contributed by atoms with Gasteiger partial charge < -0.3 is 9.64 Å². The third kappa shape index (κ3) is 4.98. The number of ether oxygens (including phenoxy) is 1. The number of rotatable bonds is 7. The summed E-state index contributed by atoms with van der Waals surface area (Å²) in [4.78, 5) is 17.7. The van der Waals surface area contributed by atoms with Crippen LogP contribution in [0, 0.1) is 0 Å². The van der Waals surface area contributed by atoms with E-state index in [9.17, 15) is 26.4 Å². The van der Waals surface area contributed by atoms with E-state index in [1.807, 2.05) is 0 Å². The average molecular weight is 416 g/mol. The lowest BCUT2D eigenvalue weighted by Gasteiger charge is -2.18. The Hall–Kier alpha value is -1.59. The van der Waals surface area contributed by atoms with Gasteiger partial charge in [0.1, 0.15) is 17.5 Å². The molecule has 0 aromatic carbocycles. The Kier molecular flexibility index (Phi) is 6.03. The number of sulfonamides is 1. The first-order valence-electron chi connectivity index (χ1n) is 7.56. The highest BCUT2D eigenvalue weighted by Crippen LogP contribution is 2.29. The second kappa shape index (κ2) is 7.57. The van der Waals surface area contributed by atoms with Crippen molar-refractivity contribution in [3.05, 3.63) is 23.0 Å². The highest BCUT2D eigenvalue weighted by Gasteiger charge is 2.46. The number of carbonyl (C=O) groups excluding carboxylic acids is 1. The number of aromatic nitrogens is 1. The van der Waals surface area contributed by atoms with Crippen LogP contribution in [0.2, 0.25) is 5.15 Å². The summed E-state index contributed by atoms with van der Waals surface area (Å²) in [5.74, 6) is -0.263. The fraction of sp³-hybridized carbons (Fsp3) is 0.571. The molecule has 0 spiro atoms. The van der Waals surface area contributed by atoms with E-state index in [1.54, 1.807) is 7.05 Å². The minimum absolute atomic E-state index is 0.0272. The number of carbonyl (C=O) groups is 1. The average Bonchev–Trinajstić information content (AvgIpc) is 3.36. The number of pyridine rings is 1. The molecule has 1 fully saturated rings. The lowest BCUT2D eigenvalue weighted by atomic mass is 10.2. The molecule has 0 bridgehead atoms. The van der Waals surface area contributed by atoms with Gasteiger partial charge in [-0.1, -0.05) is 11.6 Å². The summed E-state index contributed by atoms with van der Waals surface area (Å²) in [6.07, 6.45) is 3.00. The van der Waals surface area contributed by atoms with Crippen molar-refractivity contribution < 1.29 is 31.1 Å². The first kappa shape index (κ1) is 20.7. The van der Waals surface area contributed by atoms with Crippen LogP contribution in [-0.2, 0) is 10.0 Å². The van der Waals surface area contributed by atoms with E-state index in [0.717, 1.165) is 12.8 Å². The van der Waals surface area contributed by atoms with Gasteiger partial charge in [0.25, 0.3) is 5.91 Å². The predicted octanol–water partition coefficient (Wildman–Crippen LogP) is 2.18. The number of nitrogens with zero attached hydrogens (tertiary/aromatic N) is 2. The number of amides is 1. The summed E-state index contributed by atoms with van der Waals surface area (Å²) in [6, 6.07) is 0.312. The van der Waals surface area contributed by atoms with Gasteiger partial charge >= 0.3 is 15.5 Å². The second-order valence-electron chi connectivity index (χ2n) is 5.94. The van der Waals surface area contributed by atoms with Crippen LogP contribution in [0.25, 0.3) is 0 Å². The fourth-order valence-corrected chi connectivity index (χ4v) is 2.98. The van der Waals surface area contributed by atoms with Crippen LogP contribution in [-0.4, -0.2) is 55.5 Å². The second-order valence-corrected chi connectivity index (χ2v) is 8.00. The molecule has 0 radical (unpaired) electrons. The fourth-order valence-electron chi connectivity index (χ4n) is 2.06. The molecule has 1 N–H and O–H groups in total. The van der Waals surface area contributed by atoms with Crippen molar-refractivity contribution in [3.8, 4) is 5.75 Å². The van der Waals surface area contributed by atoms with Crippen LogP contribution in [0.5, 0.6) is 5.75 Å². The molecule has 1 aromatic rings. The van der Waals surface area contributed by atoms with Crippen molar-refractivity contribution in [2.24, 2.45) is 0 Å². The van der Waals surface area contributed by atoms with Crippen LogP contribution < -0.4 is 9.46 Å². The maximum absolute atomic E-state index is 12.4. The molecule has 1 heterocycles. The van der Waals surface area contributed by atoms with Crippen molar-refractivity contribution in [3.63, 3.8) is 0 Å². The van der Waals surface area contributed by atoms with E-state index >= 15 is 0 Å². The first-order valence-corrected chi connectivity index (χ1v) is 9.42. The SMILES string of the molecule is C[C@@H](COc1cnc(Cl)c(C(=O)N(C)C2CC2)c1)NS(=O)(=O)C(F)(F)F. The number of halogens is 4. The summed E-state index contributed by atoms with van der Waals surface area (Å²) in [7, 11) is -3.83. The Morgan fingerprint density at radius 3 is 2.65 bits per heavy atom. The van der Waals surface area contributed by atoms with Crippen LogP contribution >= 0.6 is 11.6 Å². The molecule has 7 nitrogen and oxygen atoms in total. The number of alkyl halides is 3. The molecule has 2 rings (SSSR count). The van der Waals surface area contributed by atoms with Crippen molar-refractivity contribution in [2.75, 3.05) is 13.7 Å². The number of hydrogen-bond acceptors (Lipinski definition) is 5. The van der Waals surface area contributed by atoms with Crippen LogP contribution in [0.3, 0.4) is 0 Å². The molecule has 1 aliphatic carbocycles. The molecular formula is C14H17ClF3N3O4S. The predicted molar refractivity (Wildman–Crippen MR) is 87.4 cm³/mol. The highest BCUT2D eigenvalue weighted by atomic mass is 35.5. The van der Waals surface area contributed by atoms with Crippen LogP contribution in [0.1, 0.15) is 30.1 Å². The summed E-state index contributed by atoms with van der Waals surface area (Å²) in [5, 5.41) is -0.0272. The Bertz CT molecular complexity index is 784. The zero-order valence-corrected chi connectivity index (χ0v) is 15.5. The van der Waals surface area contributed by atoms with Gasteiger partial charge in [-0.2, -0.15) is 13.2 Å². The van der Waals surface area contributed by atoms with E-state index in [-0.39, 0.29) is 28.4 Å². The zero-order chi connectivity index (χ0) is 19.7. The molecule has 12 heteroatoms. The smallest absolute Gasteiger partial charge is 0.490 e. The monoisotopic (exact) mass is 415 g/mol. The molecule has 146 valence electrons. The van der Waals surface area contributed by atoms with Gasteiger partial charge in [0, 0.05) is 13.1 Å². The summed E-state index contributed by atoms with van der Waals surface area (Å²) in [6.45, 7) is 0.810. The van der Waals surface area contributed by atoms with Crippen LogP contribution in [0.4, 0.5) is 13.2 Å². The van der Waals surface area contributed by atoms with Gasteiger partial charge in [0.2, 0.25) is 0 Å². The van der Waals surface area contributed by atoms with Crippen molar-refractivity contribution in [1.82, 2.24) is 14.6 Å². The van der Waals surface area contributed by atoms with E-state index < -0.39 is 28.2 Å². The van der Waals surface area contributed by atoms with Crippen molar-refractivity contribution >= 4 is 27.5 Å². The summed E-state index contributed by atoms with van der Waals surface area (Å²) in [5.41, 5.74) is -5.31. The number of nitrogens with one attached hydrogen (secondary N) is 1. The maximum atomic E-state index is 12.4. The van der Waals surface area contributed by atoms with Gasteiger partial charge in [-0.05, 0) is 25.8 Å². The number of hydrogen-bond donors (Lipinski definition) is 1. The Balaban J connectivity index is 2.02. The standard InChI is InChI=1S/C14H17ClF3N3O4S/c1-8(20-26(23,24)14(16,17)18)7-25-10-5-11(12(15)19-6-10)13(22)21(2)9-3-4-9/h5-6,8-9,20H,3-4,7H2,1-2H3/t8-/m0/s1. The first-order chi connectivity index (χ1) is 11.9. The highest BCUT2D eigenvalue weighted by molar-refractivity contribution is 7.90. The topological polar surface area (TPSA) is 88.6 Å². The van der Waals surface area contributed by atoms with Gasteiger partial charge in [0.05, 0.1) is 17.8 Å². The quantitative estimate of drug-likeness (QED) is 0.689. The molecule has 1 atom stereocenters. The molecule has 1 amide bonds. The normalized spacial score (nSPS) is 16.2. The molecule has 26 heavy (non-hydrogen) atoms. The van der Waals surface area contributed by atoms with Crippen molar-refractivity contribution in [1.29, 1.82) is 0 Å². The largest absolute Gasteiger partial charge is 0.511 e. The summed E-state index contributed by atoms with van der Waals surface area (Å²) >= 11 is 5.93. The summed E-state index contributed by atoms with van der Waals surface area (Å²) < 4.78 is 65.8. The van der Waals surface area contributed by atoms with Gasteiger partial charge in [-0.15, -0.1) is 0 Å². The molecule has 1 aliphatic rings. The zero-order valence-electron chi connectivity index (χ0n) is 13.9. The van der Waals surface area contributed by atoms with E-state index in [0.29, 0.717) is 0 Å². The molecule has 0 unspecified atom stereocenters. The molecule has 0 aliphatic heterocycles. The third-order valence-corrected chi connectivity index (χ3v) is 5.24. The minimum Gasteiger partial charge on any atom is -0.490 e. The molecule has 1 aromatic heterocycles. The minimum atomic E-state index is -5.47. The molecular weight excluding hydrogens is 399 g/mol. The maximum Gasteiger partial charge on any atom is 0.511 e. The Morgan fingerprint density at radius 1 is 1.50 bits per heavy atom. The molecule has 0 saturated heterocycles. The van der Waals surface area contributed by atoms with Crippen LogP contribution in [0.15, 0.2) is 12.3 Å². The van der Waals surface area contributed by atoms with Gasteiger partial charge in [0.15, 0.2) is 0 Å². The lowest BCUT2D eigenvalue weighted by Crippen LogP contribution is -2.43. The third-order valence-electron chi connectivity index (χ3n) is 3.62.